The molecule has 2 aromatic rings. The number of aryl methyl sites for hydroxylation is 1. The number of amides is 2. The third-order valence-electron chi connectivity index (χ3n) is 5.17. The Morgan fingerprint density at radius 2 is 2.07 bits per heavy atom. The minimum absolute atomic E-state index is 0.0370. The van der Waals surface area contributed by atoms with Crippen LogP contribution in [0.1, 0.15) is 23.1 Å². The quantitative estimate of drug-likeness (QED) is 0.749. The summed E-state index contributed by atoms with van der Waals surface area (Å²) in [6.45, 7) is 3.78. The van der Waals surface area contributed by atoms with Gasteiger partial charge in [0.1, 0.15) is 11.6 Å². The number of methoxy groups -OCH3 is 1. The van der Waals surface area contributed by atoms with Crippen LogP contribution in [0, 0.1) is 12.7 Å². The molecule has 3 rings (SSSR count). The zero-order valence-corrected chi connectivity index (χ0v) is 16.7. The fourth-order valence-electron chi connectivity index (χ4n) is 3.50. The van der Waals surface area contributed by atoms with Crippen molar-refractivity contribution in [1.82, 2.24) is 15.5 Å². The zero-order chi connectivity index (χ0) is 20.8. The van der Waals surface area contributed by atoms with Crippen molar-refractivity contribution in [2.45, 2.75) is 32.5 Å². The van der Waals surface area contributed by atoms with Crippen LogP contribution in [-0.4, -0.2) is 43.0 Å². The first-order valence-electron chi connectivity index (χ1n) is 9.63. The van der Waals surface area contributed by atoms with Gasteiger partial charge in [-0.05, 0) is 36.2 Å². The number of hydrogen-bond donors (Lipinski definition) is 2. The van der Waals surface area contributed by atoms with Gasteiger partial charge in [0, 0.05) is 31.7 Å². The van der Waals surface area contributed by atoms with Crippen molar-refractivity contribution in [3.8, 4) is 5.75 Å². The first-order chi connectivity index (χ1) is 14.0. The van der Waals surface area contributed by atoms with Crippen LogP contribution in [0.5, 0.6) is 5.75 Å². The van der Waals surface area contributed by atoms with Crippen LogP contribution in [0.2, 0.25) is 0 Å². The number of ether oxygens (including phenoxy) is 1. The third-order valence-corrected chi connectivity index (χ3v) is 5.17. The molecule has 1 saturated heterocycles. The van der Waals surface area contributed by atoms with Gasteiger partial charge < -0.3 is 15.4 Å². The monoisotopic (exact) mass is 399 g/mol. The van der Waals surface area contributed by atoms with Gasteiger partial charge in [-0.2, -0.15) is 0 Å². The molecule has 1 atom stereocenters. The summed E-state index contributed by atoms with van der Waals surface area (Å²) in [6, 6.07) is 11.6. The van der Waals surface area contributed by atoms with E-state index in [0.717, 1.165) is 22.4 Å². The van der Waals surface area contributed by atoms with E-state index in [9.17, 15) is 14.0 Å². The minimum atomic E-state index is -0.567. The molecular formula is C22H26FN3O3. The highest BCUT2D eigenvalue weighted by molar-refractivity contribution is 5.88. The van der Waals surface area contributed by atoms with Gasteiger partial charge in [-0.3, -0.25) is 14.5 Å². The molecule has 2 aromatic carbocycles. The molecule has 0 aliphatic carbocycles. The maximum absolute atomic E-state index is 13.4. The molecule has 0 saturated carbocycles. The molecule has 0 unspecified atom stereocenters. The Morgan fingerprint density at radius 1 is 1.28 bits per heavy atom. The lowest BCUT2D eigenvalue weighted by molar-refractivity contribution is -0.134. The first-order valence-corrected chi connectivity index (χ1v) is 9.63. The Balaban J connectivity index is 1.65. The van der Waals surface area contributed by atoms with Crippen molar-refractivity contribution >= 4 is 11.8 Å². The van der Waals surface area contributed by atoms with Crippen molar-refractivity contribution in [2.24, 2.45) is 0 Å². The topological polar surface area (TPSA) is 70.7 Å². The summed E-state index contributed by atoms with van der Waals surface area (Å²) in [5, 5.41) is 5.64. The van der Waals surface area contributed by atoms with Crippen LogP contribution in [0.4, 0.5) is 4.39 Å². The predicted molar refractivity (Wildman–Crippen MR) is 108 cm³/mol. The van der Waals surface area contributed by atoms with E-state index in [1.807, 2.05) is 36.1 Å². The lowest BCUT2D eigenvalue weighted by Crippen LogP contribution is -2.56. The largest absolute Gasteiger partial charge is 0.496 e. The van der Waals surface area contributed by atoms with Crippen LogP contribution in [-0.2, 0) is 22.7 Å². The highest BCUT2D eigenvalue weighted by Gasteiger charge is 2.32. The molecule has 6 nitrogen and oxygen atoms in total. The van der Waals surface area contributed by atoms with Crippen molar-refractivity contribution < 1.29 is 18.7 Å². The summed E-state index contributed by atoms with van der Waals surface area (Å²) in [6.07, 6.45) is 0.0370. The number of carbonyl (C=O) groups is 2. The second-order valence-electron chi connectivity index (χ2n) is 7.14. The predicted octanol–water partition coefficient (Wildman–Crippen LogP) is 2.15. The van der Waals surface area contributed by atoms with Crippen LogP contribution in [0.3, 0.4) is 0 Å². The Labute approximate surface area is 170 Å². The second-order valence-corrected chi connectivity index (χ2v) is 7.14. The van der Waals surface area contributed by atoms with Gasteiger partial charge in [-0.1, -0.05) is 24.3 Å². The number of halogens is 1. The van der Waals surface area contributed by atoms with E-state index in [1.54, 1.807) is 13.2 Å². The van der Waals surface area contributed by atoms with Crippen molar-refractivity contribution in [1.29, 1.82) is 0 Å². The van der Waals surface area contributed by atoms with Crippen LogP contribution in [0.25, 0.3) is 0 Å². The van der Waals surface area contributed by atoms with E-state index in [1.165, 1.54) is 12.1 Å². The zero-order valence-electron chi connectivity index (χ0n) is 16.7. The van der Waals surface area contributed by atoms with E-state index in [2.05, 4.69) is 10.6 Å². The Bertz CT molecular complexity index is 887. The molecule has 7 heteroatoms. The van der Waals surface area contributed by atoms with Gasteiger partial charge in [0.15, 0.2) is 0 Å². The van der Waals surface area contributed by atoms with E-state index in [4.69, 9.17) is 4.74 Å². The van der Waals surface area contributed by atoms with Gasteiger partial charge in [0.25, 0.3) is 0 Å². The SMILES string of the molecule is COc1ccccc1CN1CCNC(=O)[C@@H]1CC(=O)NCc1cc(F)ccc1C. The average molecular weight is 399 g/mol. The summed E-state index contributed by atoms with van der Waals surface area (Å²) >= 11 is 0. The number of hydrogen-bond acceptors (Lipinski definition) is 4. The summed E-state index contributed by atoms with van der Waals surface area (Å²) in [5.41, 5.74) is 2.59. The molecular weight excluding hydrogens is 373 g/mol. The molecule has 2 N–H and O–H groups in total. The molecule has 29 heavy (non-hydrogen) atoms. The van der Waals surface area contributed by atoms with Crippen molar-refractivity contribution in [2.75, 3.05) is 20.2 Å². The van der Waals surface area contributed by atoms with Crippen LogP contribution < -0.4 is 15.4 Å². The Morgan fingerprint density at radius 3 is 2.86 bits per heavy atom. The van der Waals surface area contributed by atoms with E-state index >= 15 is 0 Å². The van der Waals surface area contributed by atoms with Gasteiger partial charge in [-0.25, -0.2) is 4.39 Å². The summed E-state index contributed by atoms with van der Waals surface area (Å²) < 4.78 is 18.8. The molecule has 154 valence electrons. The Kier molecular flexibility index (Phi) is 6.82. The lowest BCUT2D eigenvalue weighted by Gasteiger charge is -2.35. The number of piperazine rings is 1. The molecule has 1 aliphatic heterocycles. The second kappa shape index (κ2) is 9.52. The smallest absolute Gasteiger partial charge is 0.237 e. The van der Waals surface area contributed by atoms with E-state index < -0.39 is 6.04 Å². The molecule has 1 aliphatic rings. The fourth-order valence-corrected chi connectivity index (χ4v) is 3.50. The third kappa shape index (κ3) is 5.32. The van der Waals surface area contributed by atoms with Gasteiger partial charge >= 0.3 is 0 Å². The fraction of sp³-hybridized carbons (Fsp3) is 0.364. The maximum atomic E-state index is 13.4. The molecule has 0 aromatic heterocycles. The highest BCUT2D eigenvalue weighted by atomic mass is 19.1. The molecule has 2 amide bonds. The Hall–Kier alpha value is -2.93. The number of rotatable bonds is 7. The van der Waals surface area contributed by atoms with Gasteiger partial charge in [0.2, 0.25) is 11.8 Å². The molecule has 0 radical (unpaired) electrons. The molecule has 0 bridgehead atoms. The normalized spacial score (nSPS) is 16.9. The van der Waals surface area contributed by atoms with Crippen LogP contribution in [0.15, 0.2) is 42.5 Å². The highest BCUT2D eigenvalue weighted by Crippen LogP contribution is 2.22. The maximum Gasteiger partial charge on any atom is 0.237 e. The molecule has 1 fully saturated rings. The standard InChI is InChI=1S/C22H26FN3O3/c1-15-7-8-18(23)11-17(15)13-25-21(27)12-19-22(28)24-9-10-26(19)14-16-5-3-4-6-20(16)29-2/h3-8,11,19H,9-10,12-14H2,1-2H3,(H,24,28)(H,25,27)/t19-/m0/s1. The molecule has 1 heterocycles. The van der Waals surface area contributed by atoms with Gasteiger partial charge in [0.05, 0.1) is 19.6 Å². The summed E-state index contributed by atoms with van der Waals surface area (Å²) in [7, 11) is 1.61. The average Bonchev–Trinajstić information content (AvgIpc) is 2.71. The minimum Gasteiger partial charge on any atom is -0.496 e. The van der Waals surface area contributed by atoms with E-state index in [-0.39, 0.29) is 30.6 Å². The number of para-hydroxylation sites is 1. The van der Waals surface area contributed by atoms with Crippen LogP contribution >= 0.6 is 0 Å². The first kappa shape index (κ1) is 20.8. The number of nitrogens with zero attached hydrogens (tertiary/aromatic N) is 1. The van der Waals surface area contributed by atoms with E-state index in [0.29, 0.717) is 19.6 Å². The molecule has 0 spiro atoms. The summed E-state index contributed by atoms with van der Waals surface area (Å²) in [4.78, 5) is 26.9. The van der Waals surface area contributed by atoms with Crippen molar-refractivity contribution in [3.63, 3.8) is 0 Å². The number of nitrogens with one attached hydrogen (secondary N) is 2. The van der Waals surface area contributed by atoms with Gasteiger partial charge in [-0.15, -0.1) is 0 Å². The lowest BCUT2D eigenvalue weighted by atomic mass is 10.1. The number of carbonyl (C=O) groups excluding carboxylic acids is 2. The van der Waals surface area contributed by atoms with Crippen molar-refractivity contribution in [3.05, 3.63) is 65.0 Å². The number of benzene rings is 2. The summed E-state index contributed by atoms with van der Waals surface area (Å²) in [5.74, 6) is 0.00160.